The molecule has 1 saturated carbocycles. The number of carbonyl (C=O) groups is 1. The molecule has 20 heavy (non-hydrogen) atoms. The predicted octanol–water partition coefficient (Wildman–Crippen LogP) is 1.66. The summed E-state index contributed by atoms with van der Waals surface area (Å²) in [6.45, 7) is 0.730. The number of fused-ring (bicyclic) bond motifs is 1. The maximum atomic E-state index is 13.1. The minimum absolute atomic E-state index is 0.0285. The van der Waals surface area contributed by atoms with Gasteiger partial charge in [-0.15, -0.1) is 0 Å². The zero-order valence-corrected chi connectivity index (χ0v) is 13.0. The molecule has 0 bridgehead atoms. The Morgan fingerprint density at radius 2 is 2.30 bits per heavy atom. The lowest BCUT2D eigenvalue weighted by molar-refractivity contribution is -0.117. The summed E-state index contributed by atoms with van der Waals surface area (Å²) in [5, 5.41) is 2.93. The highest BCUT2D eigenvalue weighted by atomic mass is 127. The van der Waals surface area contributed by atoms with Gasteiger partial charge in [0.15, 0.2) is 0 Å². The van der Waals surface area contributed by atoms with Crippen LogP contribution in [0.5, 0.6) is 0 Å². The lowest BCUT2D eigenvalue weighted by Gasteiger charge is -2.52. The number of hydrogen-bond acceptors (Lipinski definition) is 3. The van der Waals surface area contributed by atoms with Crippen LogP contribution < -0.4 is 11.1 Å². The molecule has 0 radical (unpaired) electrons. The first-order chi connectivity index (χ1) is 9.58. The molecule has 4 unspecified atom stereocenters. The van der Waals surface area contributed by atoms with Crippen LogP contribution in [-0.2, 0) is 4.74 Å². The quantitative estimate of drug-likeness (QED) is 0.756. The smallest absolute Gasteiger partial charge is 0.252 e. The van der Waals surface area contributed by atoms with Crippen LogP contribution in [0.2, 0.25) is 0 Å². The molecule has 4 atom stereocenters. The van der Waals surface area contributed by atoms with Crippen LogP contribution in [0.3, 0.4) is 0 Å². The van der Waals surface area contributed by atoms with E-state index in [0.717, 1.165) is 19.4 Å². The summed E-state index contributed by atoms with van der Waals surface area (Å²) in [7, 11) is 0. The Bertz CT molecular complexity index is 540. The van der Waals surface area contributed by atoms with E-state index in [1.807, 2.05) is 22.6 Å². The summed E-state index contributed by atoms with van der Waals surface area (Å²) in [6.07, 6.45) is 2.12. The van der Waals surface area contributed by atoms with E-state index < -0.39 is 0 Å². The second-order valence-electron chi connectivity index (χ2n) is 5.34. The highest BCUT2D eigenvalue weighted by Gasteiger charge is 2.51. The van der Waals surface area contributed by atoms with Crippen LogP contribution in [0, 0.1) is 15.3 Å². The van der Waals surface area contributed by atoms with Gasteiger partial charge in [-0.05, 0) is 53.6 Å². The number of hydrogen-bond donors (Lipinski definition) is 2. The number of nitrogens with two attached hydrogens (primary N) is 1. The van der Waals surface area contributed by atoms with Gasteiger partial charge in [0.2, 0.25) is 0 Å². The van der Waals surface area contributed by atoms with Crippen molar-refractivity contribution in [1.29, 1.82) is 0 Å². The molecule has 1 aromatic rings. The van der Waals surface area contributed by atoms with Gasteiger partial charge in [-0.3, -0.25) is 4.79 Å². The summed E-state index contributed by atoms with van der Waals surface area (Å²) < 4.78 is 19.3. The Morgan fingerprint density at radius 1 is 1.50 bits per heavy atom. The highest BCUT2D eigenvalue weighted by molar-refractivity contribution is 14.1. The minimum atomic E-state index is -0.345. The van der Waals surface area contributed by atoms with Crippen LogP contribution in [-0.4, -0.2) is 30.7 Å². The summed E-state index contributed by atoms with van der Waals surface area (Å²) in [6, 6.07) is 3.93. The zero-order chi connectivity index (χ0) is 14.3. The first-order valence-electron chi connectivity index (χ1n) is 6.71. The number of carbonyl (C=O) groups excluding carboxylic acids is 1. The average molecular weight is 390 g/mol. The third-order valence-electron chi connectivity index (χ3n) is 4.15. The Balaban J connectivity index is 1.70. The molecule has 1 amide bonds. The van der Waals surface area contributed by atoms with Gasteiger partial charge in [0.1, 0.15) is 5.82 Å². The Kier molecular flexibility index (Phi) is 3.96. The Labute approximate surface area is 130 Å². The van der Waals surface area contributed by atoms with Crippen molar-refractivity contribution in [3.63, 3.8) is 0 Å². The van der Waals surface area contributed by atoms with Crippen molar-refractivity contribution in [2.45, 2.75) is 31.0 Å². The number of rotatable bonds is 2. The van der Waals surface area contributed by atoms with Crippen molar-refractivity contribution in [3.05, 3.63) is 33.1 Å². The van der Waals surface area contributed by atoms with E-state index in [2.05, 4.69) is 5.32 Å². The van der Waals surface area contributed by atoms with E-state index in [1.54, 1.807) is 0 Å². The number of ether oxygens (including phenoxy) is 1. The minimum Gasteiger partial charge on any atom is -0.376 e. The van der Waals surface area contributed by atoms with Crippen LogP contribution in [0.4, 0.5) is 4.39 Å². The lowest BCUT2D eigenvalue weighted by Crippen LogP contribution is -2.72. The van der Waals surface area contributed by atoms with E-state index in [0.29, 0.717) is 15.1 Å². The first kappa shape index (κ1) is 14.2. The third-order valence-corrected chi connectivity index (χ3v) is 5.04. The van der Waals surface area contributed by atoms with E-state index in [1.165, 1.54) is 18.2 Å². The molecule has 108 valence electrons. The van der Waals surface area contributed by atoms with Crippen LogP contribution in [0.15, 0.2) is 18.2 Å². The number of nitrogens with one attached hydrogen (secondary N) is 1. The molecule has 2 fully saturated rings. The number of halogens is 2. The monoisotopic (exact) mass is 390 g/mol. The molecule has 1 aromatic carbocycles. The van der Waals surface area contributed by atoms with Crippen LogP contribution in [0.1, 0.15) is 23.2 Å². The van der Waals surface area contributed by atoms with Crippen molar-refractivity contribution in [3.8, 4) is 0 Å². The van der Waals surface area contributed by atoms with Gasteiger partial charge in [0, 0.05) is 22.1 Å². The van der Waals surface area contributed by atoms with Crippen molar-refractivity contribution in [2.75, 3.05) is 6.61 Å². The van der Waals surface area contributed by atoms with Crippen molar-refractivity contribution in [2.24, 2.45) is 11.7 Å². The van der Waals surface area contributed by atoms with Gasteiger partial charge in [0.05, 0.1) is 17.7 Å². The molecular formula is C14H16FIN2O2. The molecule has 2 aliphatic rings. The van der Waals surface area contributed by atoms with Gasteiger partial charge in [-0.2, -0.15) is 0 Å². The molecule has 4 nitrogen and oxygen atoms in total. The van der Waals surface area contributed by atoms with Gasteiger partial charge in [0.25, 0.3) is 5.91 Å². The van der Waals surface area contributed by atoms with Crippen molar-refractivity contribution < 1.29 is 13.9 Å². The lowest BCUT2D eigenvalue weighted by atomic mass is 9.68. The molecule has 1 aliphatic heterocycles. The fourth-order valence-corrected chi connectivity index (χ4v) is 3.75. The molecule has 6 heteroatoms. The topological polar surface area (TPSA) is 64.3 Å². The molecular weight excluding hydrogens is 374 g/mol. The van der Waals surface area contributed by atoms with Crippen LogP contribution in [0.25, 0.3) is 0 Å². The van der Waals surface area contributed by atoms with Crippen molar-refractivity contribution in [1.82, 2.24) is 5.32 Å². The van der Waals surface area contributed by atoms with Crippen LogP contribution >= 0.6 is 22.6 Å². The first-order valence-corrected chi connectivity index (χ1v) is 7.79. The molecule has 3 N–H and O–H groups in total. The molecule has 1 heterocycles. The Hall–Kier alpha value is -0.730. The fraction of sp³-hybridized carbons (Fsp3) is 0.500. The third kappa shape index (κ3) is 2.44. The van der Waals surface area contributed by atoms with Gasteiger partial charge >= 0.3 is 0 Å². The highest BCUT2D eigenvalue weighted by Crippen LogP contribution is 2.37. The summed E-state index contributed by atoms with van der Waals surface area (Å²) in [5.41, 5.74) is 6.58. The number of benzene rings is 1. The second kappa shape index (κ2) is 5.57. The molecule has 3 rings (SSSR count). The largest absolute Gasteiger partial charge is 0.376 e. The summed E-state index contributed by atoms with van der Waals surface area (Å²) >= 11 is 1.96. The SMILES string of the molecule is NC1C2CCCOC2C1NC(=O)c1ccc(F)cc1I. The van der Waals surface area contributed by atoms with E-state index in [4.69, 9.17) is 10.5 Å². The van der Waals surface area contributed by atoms with Gasteiger partial charge in [-0.25, -0.2) is 4.39 Å². The summed E-state index contributed by atoms with van der Waals surface area (Å²) in [4.78, 5) is 12.3. The molecule has 0 aromatic heterocycles. The zero-order valence-electron chi connectivity index (χ0n) is 10.8. The normalized spacial score (nSPS) is 32.1. The molecule has 1 saturated heterocycles. The van der Waals surface area contributed by atoms with E-state index >= 15 is 0 Å². The predicted molar refractivity (Wildman–Crippen MR) is 80.8 cm³/mol. The maximum absolute atomic E-state index is 13.1. The van der Waals surface area contributed by atoms with E-state index in [9.17, 15) is 9.18 Å². The molecule has 0 spiro atoms. The molecule has 1 aliphatic carbocycles. The van der Waals surface area contributed by atoms with E-state index in [-0.39, 0.29) is 29.9 Å². The van der Waals surface area contributed by atoms with Gasteiger partial charge in [-0.1, -0.05) is 0 Å². The van der Waals surface area contributed by atoms with Crippen molar-refractivity contribution >= 4 is 28.5 Å². The Morgan fingerprint density at radius 3 is 3.05 bits per heavy atom. The second-order valence-corrected chi connectivity index (χ2v) is 6.50. The standard InChI is InChI=1S/C14H16FIN2O2/c15-7-3-4-8(10(16)6-7)14(19)18-12-11(17)9-2-1-5-20-13(9)12/h3-4,6,9,11-13H,1-2,5,17H2,(H,18,19). The van der Waals surface area contributed by atoms with Gasteiger partial charge < -0.3 is 15.8 Å². The maximum Gasteiger partial charge on any atom is 0.252 e. The fourth-order valence-electron chi connectivity index (χ4n) is 3.03. The average Bonchev–Trinajstić information content (AvgIpc) is 2.44. The summed E-state index contributed by atoms with van der Waals surface area (Å²) in [5.74, 6) is -0.217. The number of amides is 1.